The third-order valence-electron chi connectivity index (χ3n) is 4.04. The van der Waals surface area contributed by atoms with E-state index < -0.39 is 0 Å². The van der Waals surface area contributed by atoms with Crippen molar-refractivity contribution >= 4 is 15.9 Å². The molecule has 0 aliphatic heterocycles. The molecule has 106 valence electrons. The SMILES string of the molecule is NC(CC1CCC1)c1cn(Cc2ccccc2Br)nn1. The zero-order chi connectivity index (χ0) is 13.9. The highest BCUT2D eigenvalue weighted by molar-refractivity contribution is 9.10. The molecule has 0 radical (unpaired) electrons. The van der Waals surface area contributed by atoms with Gasteiger partial charge in [0, 0.05) is 4.47 Å². The van der Waals surface area contributed by atoms with Gasteiger partial charge in [0.1, 0.15) is 0 Å². The van der Waals surface area contributed by atoms with Gasteiger partial charge in [-0.05, 0) is 24.0 Å². The fourth-order valence-electron chi connectivity index (χ4n) is 2.57. The molecule has 3 rings (SSSR count). The van der Waals surface area contributed by atoms with Crippen LogP contribution in [0.3, 0.4) is 0 Å². The summed E-state index contributed by atoms with van der Waals surface area (Å²) in [5.41, 5.74) is 8.31. The largest absolute Gasteiger partial charge is 0.323 e. The molecular weight excluding hydrogens is 316 g/mol. The Kier molecular flexibility index (Phi) is 4.17. The first-order valence-corrected chi connectivity index (χ1v) is 7.90. The molecule has 0 bridgehead atoms. The van der Waals surface area contributed by atoms with Crippen molar-refractivity contribution < 1.29 is 0 Å². The van der Waals surface area contributed by atoms with Gasteiger partial charge in [-0.25, -0.2) is 4.68 Å². The molecule has 0 saturated heterocycles. The second kappa shape index (κ2) is 6.06. The van der Waals surface area contributed by atoms with Crippen molar-refractivity contribution in [3.8, 4) is 0 Å². The molecule has 2 N–H and O–H groups in total. The van der Waals surface area contributed by atoms with Gasteiger partial charge in [-0.1, -0.05) is 58.6 Å². The van der Waals surface area contributed by atoms with E-state index in [2.05, 4.69) is 32.3 Å². The highest BCUT2D eigenvalue weighted by Crippen LogP contribution is 2.33. The van der Waals surface area contributed by atoms with Crippen molar-refractivity contribution in [2.24, 2.45) is 11.7 Å². The molecule has 4 nitrogen and oxygen atoms in total. The number of aromatic nitrogens is 3. The Morgan fingerprint density at radius 1 is 1.35 bits per heavy atom. The zero-order valence-corrected chi connectivity index (χ0v) is 13.0. The van der Waals surface area contributed by atoms with Crippen LogP contribution in [0.2, 0.25) is 0 Å². The first-order valence-electron chi connectivity index (χ1n) is 7.11. The quantitative estimate of drug-likeness (QED) is 0.912. The second-order valence-electron chi connectivity index (χ2n) is 5.57. The van der Waals surface area contributed by atoms with Crippen molar-refractivity contribution in [2.75, 3.05) is 0 Å². The molecule has 0 spiro atoms. The van der Waals surface area contributed by atoms with Crippen LogP contribution in [0.1, 0.15) is 43.0 Å². The van der Waals surface area contributed by atoms with Gasteiger partial charge in [-0.2, -0.15) is 0 Å². The number of nitrogens with zero attached hydrogens (tertiary/aromatic N) is 3. The lowest BCUT2D eigenvalue weighted by Gasteiger charge is -2.27. The average molecular weight is 335 g/mol. The highest BCUT2D eigenvalue weighted by Gasteiger charge is 2.22. The summed E-state index contributed by atoms with van der Waals surface area (Å²) >= 11 is 3.55. The molecule has 1 aliphatic carbocycles. The monoisotopic (exact) mass is 334 g/mol. The maximum atomic E-state index is 6.22. The molecule has 5 heteroatoms. The van der Waals surface area contributed by atoms with Crippen LogP contribution < -0.4 is 5.73 Å². The van der Waals surface area contributed by atoms with Crippen molar-refractivity contribution in [1.29, 1.82) is 0 Å². The van der Waals surface area contributed by atoms with E-state index in [1.165, 1.54) is 24.8 Å². The van der Waals surface area contributed by atoms with Gasteiger partial charge in [0.2, 0.25) is 0 Å². The number of halogens is 1. The van der Waals surface area contributed by atoms with Crippen LogP contribution in [-0.2, 0) is 6.54 Å². The van der Waals surface area contributed by atoms with Crippen LogP contribution >= 0.6 is 15.9 Å². The standard InChI is InChI=1S/C15H19BrN4/c16-13-7-2-1-6-12(13)9-20-10-15(18-19-20)14(17)8-11-4-3-5-11/h1-2,6-7,10-11,14H,3-5,8-9,17H2. The van der Waals surface area contributed by atoms with E-state index in [-0.39, 0.29) is 6.04 Å². The molecule has 20 heavy (non-hydrogen) atoms. The summed E-state index contributed by atoms with van der Waals surface area (Å²) in [5, 5.41) is 8.42. The highest BCUT2D eigenvalue weighted by atomic mass is 79.9. The van der Waals surface area contributed by atoms with Crippen molar-refractivity contribution in [3.63, 3.8) is 0 Å². The van der Waals surface area contributed by atoms with E-state index in [1.807, 2.05) is 29.1 Å². The topological polar surface area (TPSA) is 56.7 Å². The van der Waals surface area contributed by atoms with Crippen LogP contribution in [0, 0.1) is 5.92 Å². The summed E-state index contributed by atoms with van der Waals surface area (Å²) in [6, 6.07) is 8.18. The summed E-state index contributed by atoms with van der Waals surface area (Å²) in [7, 11) is 0. The van der Waals surface area contributed by atoms with Crippen molar-refractivity contribution in [3.05, 3.63) is 46.2 Å². The van der Waals surface area contributed by atoms with Gasteiger partial charge in [0.05, 0.1) is 24.5 Å². The van der Waals surface area contributed by atoms with Crippen LogP contribution in [0.5, 0.6) is 0 Å². The summed E-state index contributed by atoms with van der Waals surface area (Å²) < 4.78 is 2.95. The Labute approximate surface area is 127 Å². The number of hydrogen-bond acceptors (Lipinski definition) is 3. The third-order valence-corrected chi connectivity index (χ3v) is 4.81. The van der Waals surface area contributed by atoms with Gasteiger partial charge >= 0.3 is 0 Å². The number of rotatable bonds is 5. The fourth-order valence-corrected chi connectivity index (χ4v) is 2.98. The minimum atomic E-state index is 0.0215. The van der Waals surface area contributed by atoms with Crippen LogP contribution in [0.15, 0.2) is 34.9 Å². The Morgan fingerprint density at radius 2 is 2.15 bits per heavy atom. The smallest absolute Gasteiger partial charge is 0.0994 e. The molecule has 1 saturated carbocycles. The van der Waals surface area contributed by atoms with E-state index >= 15 is 0 Å². The summed E-state index contributed by atoms with van der Waals surface area (Å²) in [6.07, 6.45) is 7.00. The predicted molar refractivity (Wildman–Crippen MR) is 82.2 cm³/mol. The lowest BCUT2D eigenvalue weighted by Crippen LogP contribution is -2.20. The summed E-state index contributed by atoms with van der Waals surface area (Å²) in [6.45, 7) is 0.713. The third kappa shape index (κ3) is 3.10. The van der Waals surface area contributed by atoms with E-state index in [1.54, 1.807) is 0 Å². The normalized spacial score (nSPS) is 16.9. The Morgan fingerprint density at radius 3 is 2.85 bits per heavy atom. The summed E-state index contributed by atoms with van der Waals surface area (Å²) in [4.78, 5) is 0. The predicted octanol–water partition coefficient (Wildman–Crippen LogP) is 3.28. The fraction of sp³-hybridized carbons (Fsp3) is 0.467. The molecule has 2 aromatic rings. The summed E-state index contributed by atoms with van der Waals surface area (Å²) in [5.74, 6) is 0.790. The van der Waals surface area contributed by atoms with Crippen LogP contribution in [0.25, 0.3) is 0 Å². The van der Waals surface area contributed by atoms with Crippen molar-refractivity contribution in [2.45, 2.75) is 38.3 Å². The number of hydrogen-bond donors (Lipinski definition) is 1. The van der Waals surface area contributed by atoms with Gasteiger partial charge in [0.25, 0.3) is 0 Å². The first kappa shape index (κ1) is 13.8. The minimum Gasteiger partial charge on any atom is -0.323 e. The van der Waals surface area contributed by atoms with Gasteiger partial charge in [-0.15, -0.1) is 5.10 Å². The lowest BCUT2D eigenvalue weighted by atomic mass is 9.80. The van der Waals surface area contributed by atoms with Crippen LogP contribution in [-0.4, -0.2) is 15.0 Å². The lowest BCUT2D eigenvalue weighted by molar-refractivity contribution is 0.276. The van der Waals surface area contributed by atoms with E-state index in [0.29, 0.717) is 6.54 Å². The van der Waals surface area contributed by atoms with Gasteiger partial charge < -0.3 is 5.73 Å². The number of nitrogens with two attached hydrogens (primary N) is 1. The molecule has 1 aliphatic rings. The minimum absolute atomic E-state index is 0.0215. The first-order chi connectivity index (χ1) is 9.72. The van der Waals surface area contributed by atoms with Gasteiger partial charge in [-0.3, -0.25) is 0 Å². The van der Waals surface area contributed by atoms with E-state index in [4.69, 9.17) is 5.73 Å². The van der Waals surface area contributed by atoms with E-state index in [9.17, 15) is 0 Å². The molecule has 0 amide bonds. The molecule has 1 aromatic carbocycles. The maximum Gasteiger partial charge on any atom is 0.0994 e. The van der Waals surface area contributed by atoms with Gasteiger partial charge in [0.15, 0.2) is 0 Å². The molecule has 1 aromatic heterocycles. The number of benzene rings is 1. The second-order valence-corrected chi connectivity index (χ2v) is 6.43. The maximum absolute atomic E-state index is 6.22. The molecule has 1 fully saturated rings. The van der Waals surface area contributed by atoms with E-state index in [0.717, 1.165) is 22.5 Å². The Balaban J connectivity index is 1.65. The molecule has 1 atom stereocenters. The van der Waals surface area contributed by atoms with Crippen LogP contribution in [0.4, 0.5) is 0 Å². The average Bonchev–Trinajstić information content (AvgIpc) is 2.85. The zero-order valence-electron chi connectivity index (χ0n) is 11.4. The molecule has 1 heterocycles. The Hall–Kier alpha value is -1.20. The Bertz CT molecular complexity index is 577. The van der Waals surface area contributed by atoms with Crippen molar-refractivity contribution in [1.82, 2.24) is 15.0 Å². The molecule has 1 unspecified atom stereocenters. The molecular formula is C15H19BrN4.